The van der Waals surface area contributed by atoms with Gasteiger partial charge < -0.3 is 20.2 Å². The van der Waals surface area contributed by atoms with Crippen LogP contribution in [0.1, 0.15) is 6.42 Å². The lowest BCUT2D eigenvalue weighted by atomic mass is 10.1. The van der Waals surface area contributed by atoms with Crippen molar-refractivity contribution in [2.24, 2.45) is 5.92 Å². The van der Waals surface area contributed by atoms with E-state index in [9.17, 15) is 18.0 Å². The van der Waals surface area contributed by atoms with Gasteiger partial charge in [0.05, 0.1) is 5.92 Å². The highest BCUT2D eigenvalue weighted by atomic mass is 19.4. The van der Waals surface area contributed by atoms with Crippen LogP contribution in [-0.2, 0) is 9.59 Å². The average Bonchev–Trinajstić information content (AvgIpc) is 2.85. The summed E-state index contributed by atoms with van der Waals surface area (Å²) in [6, 6.07) is 0. The molecule has 0 aromatic rings. The number of nitrogens with zero attached hydrogens (tertiary/aromatic N) is 2. The lowest BCUT2D eigenvalue weighted by molar-refractivity contribution is -0.192. The van der Waals surface area contributed by atoms with Gasteiger partial charge in [-0.05, 0) is 20.0 Å². The SMILES string of the molecule is CN1CC[C@H](C(=O)N2CCNCC2)C1.O=C(O)C(F)(F)F. The molecule has 1 amide bonds. The quantitative estimate of drug-likeness (QED) is 0.713. The van der Waals surface area contributed by atoms with Gasteiger partial charge in [-0.3, -0.25) is 4.79 Å². The molecule has 0 aliphatic carbocycles. The van der Waals surface area contributed by atoms with E-state index < -0.39 is 12.1 Å². The molecule has 1 atom stereocenters. The van der Waals surface area contributed by atoms with Crippen molar-refractivity contribution in [3.05, 3.63) is 0 Å². The summed E-state index contributed by atoms with van der Waals surface area (Å²) in [7, 11) is 2.09. The molecule has 2 fully saturated rings. The molecule has 0 saturated carbocycles. The predicted molar refractivity (Wildman–Crippen MR) is 68.7 cm³/mol. The van der Waals surface area contributed by atoms with Crippen LogP contribution < -0.4 is 5.32 Å². The molecule has 2 rings (SSSR count). The van der Waals surface area contributed by atoms with Crippen molar-refractivity contribution in [1.29, 1.82) is 0 Å². The van der Waals surface area contributed by atoms with E-state index in [2.05, 4.69) is 17.3 Å². The fourth-order valence-corrected chi connectivity index (χ4v) is 2.28. The second-order valence-electron chi connectivity index (χ2n) is 5.13. The second kappa shape index (κ2) is 7.60. The van der Waals surface area contributed by atoms with Crippen molar-refractivity contribution in [3.63, 3.8) is 0 Å². The van der Waals surface area contributed by atoms with Gasteiger partial charge >= 0.3 is 12.1 Å². The molecule has 0 bridgehead atoms. The fourth-order valence-electron chi connectivity index (χ4n) is 2.28. The number of aliphatic carboxylic acids is 1. The molecule has 2 aliphatic heterocycles. The Hall–Kier alpha value is -1.35. The third-order valence-electron chi connectivity index (χ3n) is 3.41. The largest absolute Gasteiger partial charge is 0.490 e. The average molecular weight is 311 g/mol. The van der Waals surface area contributed by atoms with Crippen molar-refractivity contribution >= 4 is 11.9 Å². The van der Waals surface area contributed by atoms with E-state index in [1.54, 1.807) is 0 Å². The summed E-state index contributed by atoms with van der Waals surface area (Å²) in [5.74, 6) is -2.12. The summed E-state index contributed by atoms with van der Waals surface area (Å²) < 4.78 is 31.7. The minimum Gasteiger partial charge on any atom is -0.475 e. The topological polar surface area (TPSA) is 72.9 Å². The number of halogens is 3. The highest BCUT2D eigenvalue weighted by Gasteiger charge is 2.38. The molecule has 6 nitrogen and oxygen atoms in total. The number of likely N-dealkylation sites (tertiary alicyclic amines) is 1. The summed E-state index contributed by atoms with van der Waals surface area (Å²) in [6.45, 7) is 5.70. The molecule has 2 heterocycles. The molecule has 0 unspecified atom stereocenters. The smallest absolute Gasteiger partial charge is 0.475 e. The zero-order valence-corrected chi connectivity index (χ0v) is 11.8. The van der Waals surface area contributed by atoms with Gasteiger partial charge in [0.2, 0.25) is 5.91 Å². The zero-order valence-electron chi connectivity index (χ0n) is 11.8. The van der Waals surface area contributed by atoms with Crippen molar-refractivity contribution in [3.8, 4) is 0 Å². The highest BCUT2D eigenvalue weighted by molar-refractivity contribution is 5.79. The maximum atomic E-state index is 12.0. The molecular formula is C12H20F3N3O3. The Kier molecular flexibility index (Phi) is 6.41. The number of carboxylic acids is 1. The first-order chi connectivity index (χ1) is 9.71. The Bertz CT molecular complexity index is 364. The molecule has 21 heavy (non-hydrogen) atoms. The van der Waals surface area contributed by atoms with Gasteiger partial charge in [0.15, 0.2) is 0 Å². The monoisotopic (exact) mass is 311 g/mol. The number of carbonyl (C=O) groups is 2. The number of rotatable bonds is 1. The van der Waals surface area contributed by atoms with Gasteiger partial charge in [0.1, 0.15) is 0 Å². The lowest BCUT2D eigenvalue weighted by Gasteiger charge is -2.29. The van der Waals surface area contributed by atoms with E-state index in [-0.39, 0.29) is 5.92 Å². The number of hydrogen-bond donors (Lipinski definition) is 2. The first-order valence-corrected chi connectivity index (χ1v) is 6.70. The van der Waals surface area contributed by atoms with Crippen molar-refractivity contribution in [1.82, 2.24) is 15.1 Å². The molecule has 9 heteroatoms. The van der Waals surface area contributed by atoms with Crippen LogP contribution >= 0.6 is 0 Å². The van der Waals surface area contributed by atoms with Crippen LogP contribution in [0.2, 0.25) is 0 Å². The predicted octanol–water partition coefficient (Wildman–Crippen LogP) is 0.00320. The maximum absolute atomic E-state index is 12.0. The maximum Gasteiger partial charge on any atom is 0.490 e. The Morgan fingerprint density at radius 2 is 1.71 bits per heavy atom. The Morgan fingerprint density at radius 3 is 2.10 bits per heavy atom. The van der Waals surface area contributed by atoms with Crippen LogP contribution in [0, 0.1) is 5.92 Å². The second-order valence-corrected chi connectivity index (χ2v) is 5.13. The Morgan fingerprint density at radius 1 is 1.19 bits per heavy atom. The van der Waals surface area contributed by atoms with Gasteiger partial charge in [-0.15, -0.1) is 0 Å². The minimum atomic E-state index is -5.08. The van der Waals surface area contributed by atoms with Crippen molar-refractivity contribution in [2.45, 2.75) is 12.6 Å². The first kappa shape index (κ1) is 17.7. The number of nitrogens with one attached hydrogen (secondary N) is 1. The summed E-state index contributed by atoms with van der Waals surface area (Å²) in [4.78, 5) is 25.2. The summed E-state index contributed by atoms with van der Waals surface area (Å²) in [6.07, 6.45) is -4.04. The van der Waals surface area contributed by atoms with E-state index in [4.69, 9.17) is 9.90 Å². The molecule has 0 radical (unpaired) electrons. The Labute approximate surface area is 120 Å². The molecule has 0 aromatic carbocycles. The van der Waals surface area contributed by atoms with Crippen molar-refractivity contribution in [2.75, 3.05) is 46.3 Å². The van der Waals surface area contributed by atoms with Gasteiger partial charge in [-0.25, -0.2) is 4.79 Å². The molecule has 2 N–H and O–H groups in total. The zero-order chi connectivity index (χ0) is 16.0. The van der Waals surface area contributed by atoms with Crippen LogP contribution in [0.15, 0.2) is 0 Å². The minimum absolute atomic E-state index is 0.262. The van der Waals surface area contributed by atoms with E-state index >= 15 is 0 Å². The van der Waals surface area contributed by atoms with Gasteiger partial charge in [0.25, 0.3) is 0 Å². The van der Waals surface area contributed by atoms with E-state index in [0.29, 0.717) is 5.91 Å². The van der Waals surface area contributed by atoms with Gasteiger partial charge in [-0.2, -0.15) is 13.2 Å². The third-order valence-corrected chi connectivity index (χ3v) is 3.41. The normalized spacial score (nSPS) is 23.4. The molecule has 0 spiro atoms. The molecular weight excluding hydrogens is 291 g/mol. The molecule has 2 aliphatic rings. The molecule has 122 valence electrons. The summed E-state index contributed by atoms with van der Waals surface area (Å²) in [5.41, 5.74) is 0. The number of carbonyl (C=O) groups excluding carboxylic acids is 1. The number of alkyl halides is 3. The van der Waals surface area contributed by atoms with E-state index in [1.165, 1.54) is 0 Å². The van der Waals surface area contributed by atoms with Crippen LogP contribution in [0.5, 0.6) is 0 Å². The number of amides is 1. The highest BCUT2D eigenvalue weighted by Crippen LogP contribution is 2.17. The number of piperazine rings is 1. The van der Waals surface area contributed by atoms with Crippen molar-refractivity contribution < 1.29 is 27.9 Å². The Balaban J connectivity index is 0.000000270. The number of carboxylic acid groups (broad SMARTS) is 1. The van der Waals surface area contributed by atoms with Crippen LogP contribution in [0.25, 0.3) is 0 Å². The standard InChI is InChI=1S/C10H19N3O.C2HF3O2/c1-12-5-2-9(8-12)10(14)13-6-3-11-4-7-13;3-2(4,5)1(6)7/h9,11H,2-8H2,1H3;(H,6,7)/t9-;/m0./s1. The fraction of sp³-hybridized carbons (Fsp3) is 0.833. The lowest BCUT2D eigenvalue weighted by Crippen LogP contribution is -2.48. The van der Waals surface area contributed by atoms with Crippen LogP contribution in [0.4, 0.5) is 13.2 Å². The molecule has 0 aromatic heterocycles. The van der Waals surface area contributed by atoms with Crippen LogP contribution in [-0.4, -0.2) is 79.3 Å². The first-order valence-electron chi connectivity index (χ1n) is 6.70. The van der Waals surface area contributed by atoms with Gasteiger partial charge in [-0.1, -0.05) is 0 Å². The summed E-state index contributed by atoms with van der Waals surface area (Å²) in [5, 5.41) is 10.4. The molecule has 2 saturated heterocycles. The van der Waals surface area contributed by atoms with E-state index in [1.807, 2.05) is 4.90 Å². The summed E-state index contributed by atoms with van der Waals surface area (Å²) >= 11 is 0. The van der Waals surface area contributed by atoms with Gasteiger partial charge in [0, 0.05) is 32.7 Å². The van der Waals surface area contributed by atoms with E-state index in [0.717, 1.165) is 45.7 Å². The number of hydrogen-bond acceptors (Lipinski definition) is 4. The third kappa shape index (κ3) is 5.88. The van der Waals surface area contributed by atoms with Crippen LogP contribution in [0.3, 0.4) is 0 Å².